The standard InChI is InChI=1S/C25H30N4O3/c1-5-8-20(15-19(3)6-2)28-25-21-16-24(23(30-4)17-22(21)26-18-27-25)32-12-7-9-29-10-13-31-14-11-29/h2,5,8,15-18H,7,9-14H2,1,3-4H3/b8-5-,19-15+,28-20?. The Hall–Kier alpha value is -3.21. The Morgan fingerprint density at radius 2 is 2.09 bits per heavy atom. The number of hydrogen-bond donors (Lipinski definition) is 0. The van der Waals surface area contributed by atoms with Gasteiger partial charge in [0.1, 0.15) is 6.33 Å². The average Bonchev–Trinajstić information content (AvgIpc) is 2.82. The number of allylic oxidation sites excluding steroid dienone is 4. The van der Waals surface area contributed by atoms with Crippen LogP contribution >= 0.6 is 0 Å². The largest absolute Gasteiger partial charge is 0.493 e. The normalized spacial score (nSPS) is 15.8. The molecular weight excluding hydrogens is 404 g/mol. The van der Waals surface area contributed by atoms with Crippen molar-refractivity contribution in [3.63, 3.8) is 0 Å². The van der Waals surface area contributed by atoms with Crippen molar-refractivity contribution in [2.45, 2.75) is 20.3 Å². The summed E-state index contributed by atoms with van der Waals surface area (Å²) >= 11 is 0. The van der Waals surface area contributed by atoms with Crippen molar-refractivity contribution < 1.29 is 14.2 Å². The number of morpholine rings is 1. The second-order valence-corrected chi connectivity index (χ2v) is 7.38. The number of benzene rings is 1. The fraction of sp³-hybridized carbons (Fsp3) is 0.400. The number of rotatable bonds is 9. The number of aromatic nitrogens is 2. The first-order valence-corrected chi connectivity index (χ1v) is 10.8. The van der Waals surface area contributed by atoms with E-state index < -0.39 is 0 Å². The fourth-order valence-electron chi connectivity index (χ4n) is 3.38. The zero-order chi connectivity index (χ0) is 22.8. The summed E-state index contributed by atoms with van der Waals surface area (Å²) in [5.41, 5.74) is 2.23. The number of aliphatic imine (C=N–C) groups is 1. The SMILES string of the molecule is C#C/C(C)=C/C(/C=C\C)=Nc1ncnc2cc(OC)c(OCCCN3CCOCC3)cc12. The molecule has 0 atom stereocenters. The minimum Gasteiger partial charge on any atom is -0.493 e. The second-order valence-electron chi connectivity index (χ2n) is 7.38. The van der Waals surface area contributed by atoms with Crippen molar-refractivity contribution in [2.24, 2.45) is 4.99 Å². The van der Waals surface area contributed by atoms with Crippen molar-refractivity contribution in [1.82, 2.24) is 14.9 Å². The summed E-state index contributed by atoms with van der Waals surface area (Å²) in [5.74, 6) is 4.45. The van der Waals surface area contributed by atoms with Crippen LogP contribution in [0.4, 0.5) is 5.82 Å². The van der Waals surface area contributed by atoms with Gasteiger partial charge in [-0.05, 0) is 38.5 Å². The van der Waals surface area contributed by atoms with Gasteiger partial charge in [0, 0.05) is 36.7 Å². The molecule has 0 unspecified atom stereocenters. The lowest BCUT2D eigenvalue weighted by molar-refractivity contribution is 0.0357. The van der Waals surface area contributed by atoms with Crippen LogP contribution in [0, 0.1) is 12.3 Å². The average molecular weight is 435 g/mol. The van der Waals surface area contributed by atoms with Crippen LogP contribution in [0.5, 0.6) is 11.5 Å². The van der Waals surface area contributed by atoms with Crippen molar-refractivity contribution >= 4 is 22.4 Å². The minimum absolute atomic E-state index is 0.546. The van der Waals surface area contributed by atoms with Crippen molar-refractivity contribution in [3.8, 4) is 23.8 Å². The third kappa shape index (κ3) is 6.39. The fourth-order valence-corrected chi connectivity index (χ4v) is 3.38. The van der Waals surface area contributed by atoms with Crippen LogP contribution in [-0.4, -0.2) is 67.1 Å². The van der Waals surface area contributed by atoms with Crippen molar-refractivity contribution in [2.75, 3.05) is 46.6 Å². The van der Waals surface area contributed by atoms with E-state index in [0.717, 1.165) is 55.7 Å². The quantitative estimate of drug-likeness (QED) is 0.338. The first kappa shape index (κ1) is 23.5. The number of methoxy groups -OCH3 is 1. The van der Waals surface area contributed by atoms with E-state index in [0.29, 0.717) is 29.6 Å². The second kappa shape index (κ2) is 12.0. The summed E-state index contributed by atoms with van der Waals surface area (Å²) in [6.45, 7) is 8.90. The molecule has 1 aliphatic heterocycles. The van der Waals surface area contributed by atoms with Gasteiger partial charge in [-0.15, -0.1) is 6.42 Å². The van der Waals surface area contributed by atoms with Gasteiger partial charge in [0.25, 0.3) is 0 Å². The molecule has 0 radical (unpaired) electrons. The molecule has 3 rings (SSSR count). The highest BCUT2D eigenvalue weighted by Crippen LogP contribution is 2.35. The van der Waals surface area contributed by atoms with E-state index in [-0.39, 0.29) is 0 Å². The van der Waals surface area contributed by atoms with Crippen LogP contribution < -0.4 is 9.47 Å². The van der Waals surface area contributed by atoms with Gasteiger partial charge in [0.05, 0.1) is 38.2 Å². The lowest BCUT2D eigenvalue weighted by Gasteiger charge is -2.26. The molecule has 0 bridgehead atoms. The van der Waals surface area contributed by atoms with Gasteiger partial charge in [-0.3, -0.25) is 4.90 Å². The predicted octanol–water partition coefficient (Wildman–Crippen LogP) is 3.97. The molecule has 0 amide bonds. The van der Waals surface area contributed by atoms with Crippen LogP contribution in [-0.2, 0) is 4.74 Å². The summed E-state index contributed by atoms with van der Waals surface area (Å²) in [6, 6.07) is 3.75. The summed E-state index contributed by atoms with van der Waals surface area (Å²) in [4.78, 5) is 15.9. The van der Waals surface area contributed by atoms with E-state index in [4.69, 9.17) is 25.6 Å². The monoisotopic (exact) mass is 434 g/mol. The third-order valence-corrected chi connectivity index (χ3v) is 5.04. The number of fused-ring (bicyclic) bond motifs is 1. The van der Waals surface area contributed by atoms with Gasteiger partial charge in [-0.2, -0.15) is 0 Å². The molecule has 0 aliphatic carbocycles. The summed E-state index contributed by atoms with van der Waals surface area (Å²) in [5, 5.41) is 0.783. The van der Waals surface area contributed by atoms with Gasteiger partial charge < -0.3 is 14.2 Å². The van der Waals surface area contributed by atoms with E-state index >= 15 is 0 Å². The number of nitrogens with zero attached hydrogens (tertiary/aromatic N) is 4. The molecule has 7 heteroatoms. The predicted molar refractivity (Wildman–Crippen MR) is 128 cm³/mol. The molecule has 1 aliphatic rings. The minimum atomic E-state index is 0.546. The molecule has 1 saturated heterocycles. The molecule has 1 fully saturated rings. The molecule has 0 N–H and O–H groups in total. The Morgan fingerprint density at radius 1 is 1.28 bits per heavy atom. The summed E-state index contributed by atoms with van der Waals surface area (Å²) in [7, 11) is 1.62. The molecule has 1 aromatic heterocycles. The van der Waals surface area contributed by atoms with E-state index in [1.54, 1.807) is 7.11 Å². The highest BCUT2D eigenvalue weighted by atomic mass is 16.5. The van der Waals surface area contributed by atoms with Crippen LogP contribution in [0.15, 0.2) is 47.3 Å². The lowest BCUT2D eigenvalue weighted by Crippen LogP contribution is -2.37. The molecule has 32 heavy (non-hydrogen) atoms. The first-order chi connectivity index (χ1) is 15.6. The van der Waals surface area contributed by atoms with Gasteiger partial charge in [-0.25, -0.2) is 15.0 Å². The molecule has 0 saturated carbocycles. The Labute approximate surface area is 189 Å². The zero-order valence-electron chi connectivity index (χ0n) is 19.0. The molecule has 2 heterocycles. The Balaban J connectivity index is 1.84. The van der Waals surface area contributed by atoms with Crippen molar-refractivity contribution in [3.05, 3.63) is 42.3 Å². The number of hydrogen-bond acceptors (Lipinski definition) is 7. The Morgan fingerprint density at radius 3 is 2.81 bits per heavy atom. The highest BCUT2D eigenvalue weighted by molar-refractivity contribution is 6.07. The molecular formula is C25H30N4O3. The van der Waals surface area contributed by atoms with E-state index in [2.05, 4.69) is 20.8 Å². The van der Waals surface area contributed by atoms with E-state index in [1.807, 2.05) is 44.2 Å². The maximum Gasteiger partial charge on any atom is 0.163 e. The Kier molecular flexibility index (Phi) is 8.79. The maximum absolute atomic E-state index is 6.08. The van der Waals surface area contributed by atoms with Gasteiger partial charge >= 0.3 is 0 Å². The third-order valence-electron chi connectivity index (χ3n) is 5.04. The molecule has 2 aromatic rings. The van der Waals surface area contributed by atoms with E-state index in [1.165, 1.54) is 6.33 Å². The van der Waals surface area contributed by atoms with Gasteiger partial charge in [-0.1, -0.05) is 12.0 Å². The van der Waals surface area contributed by atoms with E-state index in [9.17, 15) is 0 Å². The summed E-state index contributed by atoms with van der Waals surface area (Å²) in [6.07, 6.45) is 13.6. The van der Waals surface area contributed by atoms with Gasteiger partial charge in [0.15, 0.2) is 17.3 Å². The number of terminal acetylenes is 1. The zero-order valence-corrected chi connectivity index (χ0v) is 19.0. The Bertz CT molecular complexity index is 1050. The molecule has 1 aromatic carbocycles. The van der Waals surface area contributed by atoms with Gasteiger partial charge in [0.2, 0.25) is 0 Å². The maximum atomic E-state index is 6.08. The van der Waals surface area contributed by atoms with Crippen LogP contribution in [0.3, 0.4) is 0 Å². The summed E-state index contributed by atoms with van der Waals surface area (Å²) < 4.78 is 17.0. The van der Waals surface area contributed by atoms with Crippen LogP contribution in [0.25, 0.3) is 10.9 Å². The number of ether oxygens (including phenoxy) is 3. The topological polar surface area (TPSA) is 69.1 Å². The smallest absolute Gasteiger partial charge is 0.163 e. The lowest BCUT2D eigenvalue weighted by atomic mass is 10.2. The molecule has 0 spiro atoms. The van der Waals surface area contributed by atoms with Crippen LogP contribution in [0.2, 0.25) is 0 Å². The first-order valence-electron chi connectivity index (χ1n) is 10.8. The molecule has 168 valence electrons. The van der Waals surface area contributed by atoms with Crippen molar-refractivity contribution in [1.29, 1.82) is 0 Å². The highest BCUT2D eigenvalue weighted by Gasteiger charge is 2.13. The van der Waals surface area contributed by atoms with Crippen LogP contribution in [0.1, 0.15) is 20.3 Å². The molecule has 7 nitrogen and oxygen atoms in total.